The summed E-state index contributed by atoms with van der Waals surface area (Å²) >= 11 is 0. The van der Waals surface area contributed by atoms with Crippen molar-refractivity contribution in [2.45, 2.75) is 44.8 Å². The van der Waals surface area contributed by atoms with Crippen LogP contribution >= 0.6 is 0 Å². The number of rotatable bonds is 8. The zero-order valence-corrected chi connectivity index (χ0v) is 19.8. The highest BCUT2D eigenvalue weighted by Gasteiger charge is 2.58. The lowest BCUT2D eigenvalue weighted by molar-refractivity contribution is -0.289. The van der Waals surface area contributed by atoms with Gasteiger partial charge in [-0.3, -0.25) is 0 Å². The van der Waals surface area contributed by atoms with Gasteiger partial charge in [-0.2, -0.15) is 35.1 Å². The molecular weight excluding hydrogens is 510 g/mol. The number of aliphatic hydroxyl groups is 1. The molecule has 0 bridgehead atoms. The van der Waals surface area contributed by atoms with Gasteiger partial charge in [-0.05, 0) is 35.9 Å². The molecule has 0 aliphatic rings. The van der Waals surface area contributed by atoms with E-state index in [0.717, 1.165) is 11.0 Å². The second-order valence-electron chi connectivity index (χ2n) is 7.62. The number of halogens is 8. The van der Waals surface area contributed by atoms with Crippen molar-refractivity contribution in [3.05, 3.63) is 90.0 Å². The lowest BCUT2D eigenvalue weighted by atomic mass is 10.0. The van der Waals surface area contributed by atoms with E-state index in [1.165, 1.54) is 30.3 Å². The first-order chi connectivity index (χ1) is 17.3. The summed E-state index contributed by atoms with van der Waals surface area (Å²) in [4.78, 5) is 1.01. The van der Waals surface area contributed by atoms with Gasteiger partial charge in [0.15, 0.2) is 6.10 Å². The summed E-state index contributed by atoms with van der Waals surface area (Å²) in [6.45, 7) is 2.50. The van der Waals surface area contributed by atoms with Crippen molar-refractivity contribution < 1.29 is 45.0 Å². The SMILES string of the molecule is CC.O[C@H](CN(Cc1cccc(C(F)(F)C(F)(F)F)c1)c1cccc(Oc2ccccc2)c1)C(F)(F)F. The minimum atomic E-state index is -5.85. The second-order valence-corrected chi connectivity index (χ2v) is 7.62. The second kappa shape index (κ2) is 12.3. The van der Waals surface area contributed by atoms with Crippen molar-refractivity contribution in [2.24, 2.45) is 0 Å². The topological polar surface area (TPSA) is 32.7 Å². The molecule has 0 radical (unpaired) electrons. The number of hydrogen-bond acceptors (Lipinski definition) is 3. The molecule has 0 aliphatic carbocycles. The zero-order valence-electron chi connectivity index (χ0n) is 19.8. The lowest BCUT2D eigenvalue weighted by Gasteiger charge is -2.29. The van der Waals surface area contributed by atoms with E-state index in [4.69, 9.17) is 4.74 Å². The van der Waals surface area contributed by atoms with Crippen LogP contribution in [0.4, 0.5) is 40.8 Å². The Hall–Kier alpha value is -3.34. The van der Waals surface area contributed by atoms with E-state index in [9.17, 15) is 40.2 Å². The van der Waals surface area contributed by atoms with Gasteiger partial charge < -0.3 is 14.7 Å². The smallest absolute Gasteiger partial charge is 0.457 e. The molecule has 0 fully saturated rings. The minimum Gasteiger partial charge on any atom is -0.457 e. The monoisotopic (exact) mass is 535 g/mol. The molecule has 3 nitrogen and oxygen atoms in total. The molecule has 202 valence electrons. The van der Waals surface area contributed by atoms with Gasteiger partial charge >= 0.3 is 18.3 Å². The third-order valence-corrected chi connectivity index (χ3v) is 4.95. The average molecular weight is 535 g/mol. The number of nitrogens with zero attached hydrogens (tertiary/aromatic N) is 1. The molecule has 0 saturated carbocycles. The summed E-state index contributed by atoms with van der Waals surface area (Å²) < 4.78 is 111. The molecule has 0 unspecified atom stereocenters. The van der Waals surface area contributed by atoms with Crippen molar-refractivity contribution in [2.75, 3.05) is 11.4 Å². The van der Waals surface area contributed by atoms with Gasteiger partial charge in [-0.15, -0.1) is 0 Å². The van der Waals surface area contributed by atoms with E-state index < -0.39 is 43.0 Å². The Balaban J connectivity index is 0.00000235. The summed E-state index contributed by atoms with van der Waals surface area (Å²) in [6, 6.07) is 17.5. The van der Waals surface area contributed by atoms with Crippen LogP contribution in [0.5, 0.6) is 11.5 Å². The Kier molecular flexibility index (Phi) is 9.91. The maximum absolute atomic E-state index is 13.8. The van der Waals surface area contributed by atoms with Gasteiger partial charge in [-0.25, -0.2) is 0 Å². The summed E-state index contributed by atoms with van der Waals surface area (Å²) in [7, 11) is 0. The van der Waals surface area contributed by atoms with E-state index in [-0.39, 0.29) is 17.0 Å². The highest BCUT2D eigenvalue weighted by atomic mass is 19.4. The van der Waals surface area contributed by atoms with Crippen LogP contribution in [-0.4, -0.2) is 30.1 Å². The van der Waals surface area contributed by atoms with E-state index in [1.54, 1.807) is 30.3 Å². The molecule has 3 rings (SSSR count). The summed E-state index contributed by atoms with van der Waals surface area (Å²) in [6.07, 6.45) is -13.6. The molecule has 3 aromatic rings. The van der Waals surface area contributed by atoms with Crippen molar-refractivity contribution in [1.29, 1.82) is 0 Å². The molecule has 0 aromatic heterocycles. The van der Waals surface area contributed by atoms with Crippen LogP contribution in [0.15, 0.2) is 78.9 Å². The van der Waals surface area contributed by atoms with Crippen LogP contribution < -0.4 is 9.64 Å². The number of alkyl halides is 8. The molecule has 37 heavy (non-hydrogen) atoms. The number of aliphatic hydroxyl groups excluding tert-OH is 1. The molecule has 0 saturated heterocycles. The molecule has 11 heteroatoms. The highest BCUT2D eigenvalue weighted by molar-refractivity contribution is 5.52. The van der Waals surface area contributed by atoms with Gasteiger partial charge in [0.2, 0.25) is 0 Å². The number of benzene rings is 3. The van der Waals surface area contributed by atoms with E-state index in [2.05, 4.69) is 0 Å². The first-order valence-corrected chi connectivity index (χ1v) is 11.1. The van der Waals surface area contributed by atoms with Crippen LogP contribution in [-0.2, 0) is 12.5 Å². The quantitative estimate of drug-likeness (QED) is 0.296. The van der Waals surface area contributed by atoms with Crippen LogP contribution in [0.25, 0.3) is 0 Å². The van der Waals surface area contributed by atoms with Crippen LogP contribution in [0.2, 0.25) is 0 Å². The van der Waals surface area contributed by atoms with Crippen molar-refractivity contribution in [3.8, 4) is 11.5 Å². The van der Waals surface area contributed by atoms with E-state index in [0.29, 0.717) is 17.9 Å². The number of hydrogen-bond donors (Lipinski definition) is 1. The predicted octanol–water partition coefficient (Wildman–Crippen LogP) is 8.09. The predicted molar refractivity (Wildman–Crippen MR) is 124 cm³/mol. The standard InChI is InChI=1S/C24H19F8NO2.C2H6/c25-22(26,24(30,31)32)17-7-4-6-16(12-17)14-33(15-21(34)23(27,28)29)18-8-5-11-20(13-18)35-19-9-2-1-3-10-19;1-2/h1-13,21,34H,14-15H2;1-2H3/t21-;/m1./s1. The van der Waals surface area contributed by atoms with Gasteiger partial charge in [-0.1, -0.05) is 56.3 Å². The fourth-order valence-electron chi connectivity index (χ4n) is 3.19. The number of ether oxygens (including phenoxy) is 1. The Morgan fingerprint density at radius 1 is 0.757 bits per heavy atom. The van der Waals surface area contributed by atoms with Crippen LogP contribution in [0, 0.1) is 0 Å². The Morgan fingerprint density at radius 2 is 1.35 bits per heavy atom. The fraction of sp³-hybridized carbons (Fsp3) is 0.308. The molecule has 0 aliphatic heterocycles. The first-order valence-electron chi connectivity index (χ1n) is 11.1. The summed E-state index contributed by atoms with van der Waals surface area (Å²) in [5.74, 6) is -4.48. The maximum Gasteiger partial charge on any atom is 0.458 e. The Bertz CT molecular complexity index is 1120. The van der Waals surface area contributed by atoms with Crippen molar-refractivity contribution in [1.82, 2.24) is 0 Å². The van der Waals surface area contributed by atoms with Gasteiger partial charge in [0, 0.05) is 23.9 Å². The number of anilines is 1. The van der Waals surface area contributed by atoms with E-state index in [1.807, 2.05) is 13.8 Å². The number of para-hydroxylation sites is 1. The third-order valence-electron chi connectivity index (χ3n) is 4.95. The van der Waals surface area contributed by atoms with Gasteiger partial charge in [0.05, 0.1) is 6.54 Å². The van der Waals surface area contributed by atoms with E-state index >= 15 is 0 Å². The molecule has 0 heterocycles. The van der Waals surface area contributed by atoms with Gasteiger partial charge in [0.25, 0.3) is 0 Å². The lowest BCUT2D eigenvalue weighted by Crippen LogP contribution is -2.41. The highest BCUT2D eigenvalue weighted by Crippen LogP contribution is 2.44. The van der Waals surface area contributed by atoms with Crippen molar-refractivity contribution in [3.63, 3.8) is 0 Å². The zero-order chi connectivity index (χ0) is 27.9. The molecule has 0 amide bonds. The van der Waals surface area contributed by atoms with Gasteiger partial charge in [0.1, 0.15) is 11.5 Å². The minimum absolute atomic E-state index is 0.116. The molecular formula is C26H25F8NO2. The normalized spacial score (nSPS) is 12.8. The molecule has 1 atom stereocenters. The summed E-state index contributed by atoms with van der Waals surface area (Å²) in [5.41, 5.74) is -1.34. The first kappa shape index (κ1) is 29.9. The molecule has 3 aromatic carbocycles. The summed E-state index contributed by atoms with van der Waals surface area (Å²) in [5, 5.41) is 9.62. The Labute approximate surface area is 208 Å². The average Bonchev–Trinajstić information content (AvgIpc) is 2.84. The Morgan fingerprint density at radius 3 is 1.95 bits per heavy atom. The maximum atomic E-state index is 13.8. The molecule has 0 spiro atoms. The van der Waals surface area contributed by atoms with Crippen LogP contribution in [0.3, 0.4) is 0 Å². The third kappa shape index (κ3) is 8.08. The fourth-order valence-corrected chi connectivity index (χ4v) is 3.19. The largest absolute Gasteiger partial charge is 0.458 e. The van der Waals surface area contributed by atoms with Crippen LogP contribution in [0.1, 0.15) is 25.0 Å². The molecule has 1 N–H and O–H groups in total. The van der Waals surface area contributed by atoms with Crippen molar-refractivity contribution >= 4 is 5.69 Å².